The van der Waals surface area contributed by atoms with Crippen LogP contribution in [-0.2, 0) is 17.9 Å². The van der Waals surface area contributed by atoms with Gasteiger partial charge in [0.25, 0.3) is 5.91 Å². The van der Waals surface area contributed by atoms with Crippen molar-refractivity contribution in [1.29, 1.82) is 0 Å². The average molecular weight is 495 g/mol. The third-order valence-corrected chi connectivity index (χ3v) is 6.95. The fourth-order valence-electron chi connectivity index (χ4n) is 3.73. The molecule has 3 aromatic carbocycles. The van der Waals surface area contributed by atoms with Crippen molar-refractivity contribution in [3.8, 4) is 5.75 Å². The van der Waals surface area contributed by atoms with Gasteiger partial charge in [0.2, 0.25) is 5.91 Å². The second kappa shape index (κ2) is 11.0. The summed E-state index contributed by atoms with van der Waals surface area (Å²) in [5, 5.41) is 3.55. The highest BCUT2D eigenvalue weighted by molar-refractivity contribution is 8.00. The van der Waals surface area contributed by atoms with E-state index in [-0.39, 0.29) is 23.3 Å². The number of nitrogens with zero attached hydrogens (tertiary/aromatic N) is 1. The van der Waals surface area contributed by atoms with Gasteiger partial charge in [-0.05, 0) is 66.9 Å². The van der Waals surface area contributed by atoms with Crippen LogP contribution >= 0.6 is 23.4 Å². The van der Waals surface area contributed by atoms with Gasteiger partial charge in [-0.25, -0.2) is 0 Å². The van der Waals surface area contributed by atoms with Gasteiger partial charge < -0.3 is 15.0 Å². The monoisotopic (exact) mass is 494 g/mol. The van der Waals surface area contributed by atoms with Crippen molar-refractivity contribution in [2.75, 3.05) is 5.75 Å². The Morgan fingerprint density at radius 2 is 1.68 bits per heavy atom. The molecular formula is C27H27ClN2O3S. The van der Waals surface area contributed by atoms with Crippen LogP contribution in [0.4, 0.5) is 0 Å². The predicted octanol–water partition coefficient (Wildman–Crippen LogP) is 5.83. The van der Waals surface area contributed by atoms with Gasteiger partial charge in [0.05, 0.1) is 11.9 Å². The Hall–Kier alpha value is -2.96. The molecule has 1 heterocycles. The Bertz CT molecular complexity index is 1130. The number of benzene rings is 3. The fraction of sp³-hybridized carbons (Fsp3) is 0.259. The Kier molecular flexibility index (Phi) is 7.80. The van der Waals surface area contributed by atoms with E-state index in [1.165, 1.54) is 0 Å². The van der Waals surface area contributed by atoms with Crippen LogP contribution in [0.5, 0.6) is 5.75 Å². The molecule has 7 heteroatoms. The lowest BCUT2D eigenvalue weighted by Crippen LogP contribution is -2.27. The van der Waals surface area contributed by atoms with E-state index >= 15 is 0 Å². The number of hydrogen-bond donors (Lipinski definition) is 1. The largest absolute Gasteiger partial charge is 0.491 e. The normalized spacial score (nSPS) is 15.6. The number of halogens is 1. The molecule has 4 rings (SSSR count). The lowest BCUT2D eigenvalue weighted by molar-refractivity contribution is -0.128. The zero-order valence-corrected chi connectivity index (χ0v) is 20.7. The summed E-state index contributed by atoms with van der Waals surface area (Å²) in [6, 6.07) is 22.7. The van der Waals surface area contributed by atoms with Crippen LogP contribution in [0.3, 0.4) is 0 Å². The molecule has 1 N–H and O–H groups in total. The number of nitrogens with one attached hydrogen (secondary N) is 1. The van der Waals surface area contributed by atoms with Crippen molar-refractivity contribution in [2.24, 2.45) is 0 Å². The molecule has 1 fully saturated rings. The zero-order valence-electron chi connectivity index (χ0n) is 19.2. The Labute approximate surface area is 209 Å². The van der Waals surface area contributed by atoms with E-state index < -0.39 is 0 Å². The van der Waals surface area contributed by atoms with E-state index in [0.717, 1.165) is 22.4 Å². The summed E-state index contributed by atoms with van der Waals surface area (Å²) in [4.78, 5) is 27.0. The Balaban J connectivity index is 1.36. The molecule has 1 aliphatic rings. The minimum absolute atomic E-state index is 0.0770. The van der Waals surface area contributed by atoms with Crippen LogP contribution in [0.1, 0.15) is 46.3 Å². The van der Waals surface area contributed by atoms with E-state index in [0.29, 0.717) is 29.4 Å². The van der Waals surface area contributed by atoms with Crippen molar-refractivity contribution < 1.29 is 14.3 Å². The molecule has 1 saturated heterocycles. The first-order chi connectivity index (χ1) is 16.4. The molecular weight excluding hydrogens is 468 g/mol. The molecule has 0 radical (unpaired) electrons. The Morgan fingerprint density at radius 3 is 2.32 bits per heavy atom. The number of ether oxygens (including phenoxy) is 1. The van der Waals surface area contributed by atoms with E-state index in [9.17, 15) is 9.59 Å². The smallest absolute Gasteiger partial charge is 0.251 e. The van der Waals surface area contributed by atoms with Crippen molar-refractivity contribution in [1.82, 2.24) is 10.2 Å². The van der Waals surface area contributed by atoms with Gasteiger partial charge in [-0.2, -0.15) is 0 Å². The molecule has 1 aliphatic heterocycles. The summed E-state index contributed by atoms with van der Waals surface area (Å²) in [7, 11) is 0. The molecule has 176 valence electrons. The highest BCUT2D eigenvalue weighted by atomic mass is 35.5. The number of hydrogen-bond acceptors (Lipinski definition) is 4. The standard InChI is InChI=1S/C27H27ClN2O3S/c1-18(2)33-24-13-5-19(6-14-24)15-29-26(32)21-7-9-22(10-8-21)27-30(25(31)17-34-27)16-20-3-11-23(28)12-4-20/h3-14,18,27H,15-17H2,1-2H3,(H,29,32)/t27-/m0/s1. The van der Waals surface area contributed by atoms with E-state index in [4.69, 9.17) is 16.3 Å². The minimum atomic E-state index is -0.137. The van der Waals surface area contributed by atoms with Gasteiger partial charge in [-0.1, -0.05) is 48.0 Å². The Morgan fingerprint density at radius 1 is 1.03 bits per heavy atom. The topological polar surface area (TPSA) is 58.6 Å². The van der Waals surface area contributed by atoms with Gasteiger partial charge in [0, 0.05) is 23.7 Å². The first-order valence-electron chi connectivity index (χ1n) is 11.2. The van der Waals surface area contributed by atoms with Crippen molar-refractivity contribution in [3.05, 3.63) is 100 Å². The number of carbonyl (C=O) groups is 2. The molecule has 0 spiro atoms. The second-order valence-electron chi connectivity index (χ2n) is 8.43. The quantitative estimate of drug-likeness (QED) is 0.428. The van der Waals surface area contributed by atoms with Crippen LogP contribution in [0.2, 0.25) is 5.02 Å². The first-order valence-corrected chi connectivity index (χ1v) is 12.6. The maximum Gasteiger partial charge on any atom is 0.251 e. The maximum absolute atomic E-state index is 12.6. The summed E-state index contributed by atoms with van der Waals surface area (Å²) in [5.41, 5.74) is 3.62. The molecule has 0 aromatic heterocycles. The third-order valence-electron chi connectivity index (χ3n) is 5.44. The first kappa shape index (κ1) is 24.2. The summed E-state index contributed by atoms with van der Waals surface area (Å²) in [6.45, 7) is 4.93. The van der Waals surface area contributed by atoms with Gasteiger partial charge in [0.15, 0.2) is 0 Å². The lowest BCUT2D eigenvalue weighted by Gasteiger charge is -2.24. The predicted molar refractivity (Wildman–Crippen MR) is 137 cm³/mol. The number of rotatable bonds is 8. The number of thioether (sulfide) groups is 1. The van der Waals surface area contributed by atoms with Crippen molar-refractivity contribution in [2.45, 2.75) is 38.4 Å². The molecule has 0 aliphatic carbocycles. The minimum Gasteiger partial charge on any atom is -0.491 e. The molecule has 3 aromatic rings. The molecule has 0 bridgehead atoms. The van der Waals surface area contributed by atoms with E-state index in [1.807, 2.05) is 91.5 Å². The molecule has 34 heavy (non-hydrogen) atoms. The fourth-order valence-corrected chi connectivity index (χ4v) is 5.04. The van der Waals surface area contributed by atoms with Gasteiger partial charge in [-0.15, -0.1) is 11.8 Å². The second-order valence-corrected chi connectivity index (χ2v) is 9.93. The summed E-state index contributed by atoms with van der Waals surface area (Å²) in [5.74, 6) is 1.23. The van der Waals surface area contributed by atoms with Crippen LogP contribution in [-0.4, -0.2) is 28.6 Å². The highest BCUT2D eigenvalue weighted by Crippen LogP contribution is 2.39. The van der Waals surface area contributed by atoms with Gasteiger partial charge in [0.1, 0.15) is 11.1 Å². The van der Waals surface area contributed by atoms with Crippen molar-refractivity contribution in [3.63, 3.8) is 0 Å². The number of carbonyl (C=O) groups excluding carboxylic acids is 2. The van der Waals surface area contributed by atoms with Gasteiger partial charge in [-0.3, -0.25) is 9.59 Å². The lowest BCUT2D eigenvalue weighted by atomic mass is 10.1. The summed E-state index contributed by atoms with van der Waals surface area (Å²) < 4.78 is 5.65. The SMILES string of the molecule is CC(C)Oc1ccc(CNC(=O)c2ccc([C@@H]3SCC(=O)N3Cc3ccc(Cl)cc3)cc2)cc1. The summed E-state index contributed by atoms with van der Waals surface area (Å²) >= 11 is 7.58. The third kappa shape index (κ3) is 6.13. The van der Waals surface area contributed by atoms with E-state index in [2.05, 4.69) is 5.32 Å². The molecule has 2 amide bonds. The van der Waals surface area contributed by atoms with Crippen LogP contribution < -0.4 is 10.1 Å². The van der Waals surface area contributed by atoms with Crippen molar-refractivity contribution >= 4 is 35.2 Å². The van der Waals surface area contributed by atoms with Gasteiger partial charge >= 0.3 is 0 Å². The molecule has 0 saturated carbocycles. The molecule has 5 nitrogen and oxygen atoms in total. The highest BCUT2D eigenvalue weighted by Gasteiger charge is 2.32. The molecule has 1 atom stereocenters. The average Bonchev–Trinajstić information content (AvgIpc) is 3.19. The zero-order chi connectivity index (χ0) is 24.1. The van der Waals surface area contributed by atoms with Crippen LogP contribution in [0.15, 0.2) is 72.8 Å². The summed E-state index contributed by atoms with van der Waals surface area (Å²) in [6.07, 6.45) is 0.124. The number of amides is 2. The van der Waals surface area contributed by atoms with Crippen LogP contribution in [0.25, 0.3) is 0 Å². The van der Waals surface area contributed by atoms with Crippen LogP contribution in [0, 0.1) is 0 Å². The molecule has 0 unspecified atom stereocenters. The maximum atomic E-state index is 12.6. The van der Waals surface area contributed by atoms with E-state index in [1.54, 1.807) is 11.8 Å².